The van der Waals surface area contributed by atoms with Gasteiger partial charge in [0.1, 0.15) is 23.7 Å². The monoisotopic (exact) mass is 345 g/mol. The molecule has 0 aliphatic heterocycles. The minimum atomic E-state index is -0.799. The van der Waals surface area contributed by atoms with Crippen LogP contribution in [0.5, 0.6) is 5.75 Å². The Morgan fingerprint density at radius 1 is 1.24 bits per heavy atom. The van der Waals surface area contributed by atoms with Gasteiger partial charge in [-0.3, -0.25) is 14.2 Å². The van der Waals surface area contributed by atoms with Gasteiger partial charge in [0.25, 0.3) is 5.56 Å². The van der Waals surface area contributed by atoms with Crippen molar-refractivity contribution in [3.05, 3.63) is 51.7 Å². The number of aromatic nitrogens is 2. The zero-order valence-electron chi connectivity index (χ0n) is 14.5. The van der Waals surface area contributed by atoms with Gasteiger partial charge in [0, 0.05) is 6.20 Å². The zero-order chi connectivity index (χ0) is 18.6. The smallest absolute Gasteiger partial charge is 0.345 e. The van der Waals surface area contributed by atoms with Crippen molar-refractivity contribution >= 4 is 17.6 Å². The average Bonchev–Trinajstić information content (AvgIpc) is 2.58. The van der Waals surface area contributed by atoms with E-state index in [0.29, 0.717) is 17.3 Å². The molecular weight excluding hydrogens is 326 g/mol. The quantitative estimate of drug-likeness (QED) is 0.820. The molecule has 1 aromatic carbocycles. The second-order valence-electron chi connectivity index (χ2n) is 5.35. The predicted molar refractivity (Wildman–Crippen MR) is 90.9 cm³/mol. The maximum absolute atomic E-state index is 12.4. The highest BCUT2D eigenvalue weighted by molar-refractivity contribution is 5.92. The molecule has 8 heteroatoms. The molecule has 1 heterocycles. The van der Waals surface area contributed by atoms with Crippen LogP contribution >= 0.6 is 0 Å². The Bertz CT molecular complexity index is 873. The van der Waals surface area contributed by atoms with Crippen LogP contribution < -0.4 is 15.6 Å². The second-order valence-corrected chi connectivity index (χ2v) is 5.35. The first-order valence-electron chi connectivity index (χ1n) is 7.46. The summed E-state index contributed by atoms with van der Waals surface area (Å²) in [6.07, 6.45) is 1.14. The van der Waals surface area contributed by atoms with Crippen LogP contribution in [0.15, 0.2) is 29.2 Å². The third-order valence-corrected chi connectivity index (χ3v) is 3.58. The number of hydrogen-bond donors (Lipinski definition) is 1. The van der Waals surface area contributed by atoms with E-state index >= 15 is 0 Å². The molecular formula is C17H19N3O5. The Kier molecular flexibility index (Phi) is 5.53. The van der Waals surface area contributed by atoms with Crippen molar-refractivity contribution in [3.63, 3.8) is 0 Å². The van der Waals surface area contributed by atoms with E-state index in [1.807, 2.05) is 13.0 Å². The maximum atomic E-state index is 12.4. The second kappa shape index (κ2) is 7.61. The molecule has 1 aromatic heterocycles. The SMILES string of the molecule is COC(=O)c1cnc(C)n(CC(=O)Nc2cc(C)ccc2OC)c1=O. The maximum Gasteiger partial charge on any atom is 0.345 e. The predicted octanol–water partition coefficient (Wildman–Crippen LogP) is 1.29. The average molecular weight is 345 g/mol. The van der Waals surface area contributed by atoms with Crippen LogP contribution in [0.4, 0.5) is 5.69 Å². The van der Waals surface area contributed by atoms with Crippen molar-refractivity contribution in [1.29, 1.82) is 0 Å². The molecule has 25 heavy (non-hydrogen) atoms. The number of amides is 1. The molecule has 0 radical (unpaired) electrons. The number of nitrogens with zero attached hydrogens (tertiary/aromatic N) is 2. The summed E-state index contributed by atoms with van der Waals surface area (Å²) < 4.78 is 10.9. The van der Waals surface area contributed by atoms with Gasteiger partial charge in [0.05, 0.1) is 19.9 Å². The topological polar surface area (TPSA) is 99.5 Å². The number of carbonyl (C=O) groups excluding carboxylic acids is 2. The standard InChI is InChI=1S/C17H19N3O5/c1-10-5-6-14(24-3)13(7-10)19-15(21)9-20-11(2)18-8-12(16(20)22)17(23)25-4/h5-8H,9H2,1-4H3,(H,19,21). The molecule has 0 saturated carbocycles. The summed E-state index contributed by atoms with van der Waals surface area (Å²) in [5.41, 5.74) is 0.578. The number of rotatable bonds is 5. The van der Waals surface area contributed by atoms with Crippen LogP contribution in [0, 0.1) is 13.8 Å². The minimum Gasteiger partial charge on any atom is -0.495 e. The normalized spacial score (nSPS) is 10.2. The lowest BCUT2D eigenvalue weighted by atomic mass is 10.2. The van der Waals surface area contributed by atoms with Crippen molar-refractivity contribution in [2.45, 2.75) is 20.4 Å². The summed E-state index contributed by atoms with van der Waals surface area (Å²) in [5, 5.41) is 2.70. The van der Waals surface area contributed by atoms with Crippen LogP contribution in [0.3, 0.4) is 0 Å². The van der Waals surface area contributed by atoms with Crippen LogP contribution in [-0.2, 0) is 16.1 Å². The summed E-state index contributed by atoms with van der Waals surface area (Å²) in [7, 11) is 2.67. The van der Waals surface area contributed by atoms with Crippen LogP contribution in [0.25, 0.3) is 0 Å². The molecule has 0 bridgehead atoms. The van der Waals surface area contributed by atoms with Gasteiger partial charge >= 0.3 is 5.97 Å². The largest absolute Gasteiger partial charge is 0.495 e. The van der Waals surface area contributed by atoms with Crippen LogP contribution in [0.1, 0.15) is 21.7 Å². The molecule has 0 spiro atoms. The van der Waals surface area contributed by atoms with Crippen molar-refractivity contribution in [3.8, 4) is 5.75 Å². The van der Waals surface area contributed by atoms with E-state index in [4.69, 9.17) is 4.74 Å². The van der Waals surface area contributed by atoms with Gasteiger partial charge in [-0.25, -0.2) is 9.78 Å². The first-order chi connectivity index (χ1) is 11.9. The van der Waals surface area contributed by atoms with Gasteiger partial charge in [-0.1, -0.05) is 6.07 Å². The van der Waals surface area contributed by atoms with E-state index in [9.17, 15) is 14.4 Å². The van der Waals surface area contributed by atoms with E-state index in [0.717, 1.165) is 16.3 Å². The van der Waals surface area contributed by atoms with Gasteiger partial charge in [-0.15, -0.1) is 0 Å². The molecule has 0 aliphatic carbocycles. The van der Waals surface area contributed by atoms with Crippen molar-refractivity contribution < 1.29 is 19.1 Å². The minimum absolute atomic E-state index is 0.228. The summed E-state index contributed by atoms with van der Waals surface area (Å²) in [6, 6.07) is 5.35. The number of carbonyl (C=O) groups is 2. The number of hydrogen-bond acceptors (Lipinski definition) is 6. The van der Waals surface area contributed by atoms with Crippen molar-refractivity contribution in [2.75, 3.05) is 19.5 Å². The van der Waals surface area contributed by atoms with Crippen molar-refractivity contribution in [2.24, 2.45) is 0 Å². The van der Waals surface area contributed by atoms with E-state index in [-0.39, 0.29) is 12.1 Å². The Morgan fingerprint density at radius 3 is 2.60 bits per heavy atom. The van der Waals surface area contributed by atoms with Gasteiger partial charge in [-0.2, -0.15) is 0 Å². The molecule has 0 saturated heterocycles. The molecule has 0 fully saturated rings. The summed E-state index contributed by atoms with van der Waals surface area (Å²) in [5.74, 6) is -0.432. The van der Waals surface area contributed by atoms with Gasteiger partial charge in [0.2, 0.25) is 5.91 Å². The molecule has 132 valence electrons. The molecule has 8 nitrogen and oxygen atoms in total. The third kappa shape index (κ3) is 4.03. The lowest BCUT2D eigenvalue weighted by Crippen LogP contribution is -2.33. The molecule has 0 aliphatic rings. The Labute approximate surface area is 144 Å². The van der Waals surface area contributed by atoms with E-state index in [2.05, 4.69) is 15.0 Å². The fourth-order valence-corrected chi connectivity index (χ4v) is 2.26. The number of benzene rings is 1. The molecule has 2 aromatic rings. The first-order valence-corrected chi connectivity index (χ1v) is 7.46. The van der Waals surface area contributed by atoms with Crippen LogP contribution in [-0.4, -0.2) is 35.6 Å². The highest BCUT2D eigenvalue weighted by Crippen LogP contribution is 2.25. The first kappa shape index (κ1) is 18.2. The van der Waals surface area contributed by atoms with E-state index in [1.54, 1.807) is 19.1 Å². The number of esters is 1. The molecule has 1 N–H and O–H groups in total. The fourth-order valence-electron chi connectivity index (χ4n) is 2.26. The van der Waals surface area contributed by atoms with Crippen molar-refractivity contribution in [1.82, 2.24) is 9.55 Å². The Balaban J connectivity index is 2.28. The number of ether oxygens (including phenoxy) is 2. The molecule has 1 amide bonds. The lowest BCUT2D eigenvalue weighted by Gasteiger charge is -2.13. The molecule has 0 unspecified atom stereocenters. The summed E-state index contributed by atoms with van der Waals surface area (Å²) in [4.78, 5) is 40.3. The number of nitrogens with one attached hydrogen (secondary N) is 1. The molecule has 0 atom stereocenters. The van der Waals surface area contributed by atoms with Gasteiger partial charge in [-0.05, 0) is 31.5 Å². The fraction of sp³-hybridized carbons (Fsp3) is 0.294. The highest BCUT2D eigenvalue weighted by atomic mass is 16.5. The summed E-state index contributed by atoms with van der Waals surface area (Å²) >= 11 is 0. The summed E-state index contributed by atoms with van der Waals surface area (Å²) in [6.45, 7) is 3.16. The zero-order valence-corrected chi connectivity index (χ0v) is 14.5. The number of anilines is 1. The highest BCUT2D eigenvalue weighted by Gasteiger charge is 2.17. The van der Waals surface area contributed by atoms with Crippen LogP contribution in [0.2, 0.25) is 0 Å². The van der Waals surface area contributed by atoms with Gasteiger partial charge < -0.3 is 14.8 Å². The lowest BCUT2D eigenvalue weighted by molar-refractivity contribution is -0.116. The Hall–Kier alpha value is -3.16. The number of methoxy groups -OCH3 is 2. The van der Waals surface area contributed by atoms with Gasteiger partial charge in [0.15, 0.2) is 0 Å². The Morgan fingerprint density at radius 2 is 1.96 bits per heavy atom. The van der Waals surface area contributed by atoms with E-state index in [1.165, 1.54) is 14.2 Å². The third-order valence-electron chi connectivity index (χ3n) is 3.58. The number of aryl methyl sites for hydroxylation is 2. The van der Waals surface area contributed by atoms with E-state index < -0.39 is 17.4 Å². The molecule has 2 rings (SSSR count).